The summed E-state index contributed by atoms with van der Waals surface area (Å²) in [6, 6.07) is 17.9. The Morgan fingerprint density at radius 2 is 1.53 bits per heavy atom. The van der Waals surface area contributed by atoms with Crippen molar-refractivity contribution in [3.63, 3.8) is 0 Å². The summed E-state index contributed by atoms with van der Waals surface area (Å²) in [5, 5.41) is 15.6. The van der Waals surface area contributed by atoms with Crippen LogP contribution in [0.5, 0.6) is 0 Å². The third-order valence-electron chi connectivity index (χ3n) is 8.23. The molecule has 11 nitrogen and oxygen atoms in total. The van der Waals surface area contributed by atoms with Gasteiger partial charge < -0.3 is 25.1 Å². The summed E-state index contributed by atoms with van der Waals surface area (Å²) >= 11 is 12.2. The maximum Gasteiger partial charge on any atom is 0.305 e. The lowest BCUT2D eigenvalue weighted by Crippen LogP contribution is -2.57. The normalized spacial score (nSPS) is 13.7. The maximum absolute atomic E-state index is 14.3. The number of carboxylic acid groups (broad SMARTS) is 1. The van der Waals surface area contributed by atoms with E-state index in [9.17, 15) is 29.1 Å². The van der Waals surface area contributed by atoms with E-state index in [1.165, 1.54) is 17.2 Å². The van der Waals surface area contributed by atoms with E-state index in [1.807, 2.05) is 24.3 Å². The standard InChI is InChI=1S/C36H34Cl2N4O7/c1-20(2)32(41-34(47)21-8-4-3-5-9-21)36(48)42(27-14-22-10-6-7-11-23(22)15-27)18-30(43)39-28(17-31(44)45)33(46)35-40-29(19-49-35)24-12-25(37)16-26(38)13-24/h3-13,16,19-20,27-28,32H,14-15,17-18H2,1-2H3,(H,39,43)(H,41,47)(H,44,45)/t28-,32-/m0/s1. The molecule has 0 unspecified atom stereocenters. The highest BCUT2D eigenvalue weighted by Crippen LogP contribution is 2.28. The largest absolute Gasteiger partial charge is 0.481 e. The Bertz CT molecular complexity index is 1830. The number of carbonyl (C=O) groups excluding carboxylic acids is 4. The molecule has 3 aromatic carbocycles. The number of aliphatic carboxylic acids is 1. The summed E-state index contributed by atoms with van der Waals surface area (Å²) in [6.45, 7) is 3.08. The van der Waals surface area contributed by atoms with E-state index < -0.39 is 66.5 Å². The van der Waals surface area contributed by atoms with E-state index in [1.54, 1.807) is 56.3 Å². The van der Waals surface area contributed by atoms with Gasteiger partial charge in [-0.25, -0.2) is 4.98 Å². The summed E-state index contributed by atoms with van der Waals surface area (Å²) < 4.78 is 5.38. The number of hydrogen-bond acceptors (Lipinski definition) is 7. The molecular weight excluding hydrogens is 671 g/mol. The van der Waals surface area contributed by atoms with Gasteiger partial charge in [0.25, 0.3) is 11.8 Å². The van der Waals surface area contributed by atoms with Crippen LogP contribution in [0.3, 0.4) is 0 Å². The predicted molar refractivity (Wildman–Crippen MR) is 182 cm³/mol. The van der Waals surface area contributed by atoms with Crippen LogP contribution in [0, 0.1) is 5.92 Å². The maximum atomic E-state index is 14.3. The van der Waals surface area contributed by atoms with Crippen LogP contribution in [0.15, 0.2) is 83.5 Å². The number of benzene rings is 3. The number of nitrogens with zero attached hydrogens (tertiary/aromatic N) is 2. The van der Waals surface area contributed by atoms with E-state index in [2.05, 4.69) is 15.6 Å². The number of rotatable bonds is 13. The van der Waals surface area contributed by atoms with E-state index in [0.717, 1.165) is 11.1 Å². The van der Waals surface area contributed by atoms with Crippen LogP contribution < -0.4 is 10.6 Å². The number of aromatic nitrogens is 1. The molecule has 13 heteroatoms. The van der Waals surface area contributed by atoms with E-state index in [-0.39, 0.29) is 11.6 Å². The van der Waals surface area contributed by atoms with Crippen molar-refractivity contribution in [3.8, 4) is 11.3 Å². The second-order valence-electron chi connectivity index (χ2n) is 12.1. The van der Waals surface area contributed by atoms with Crippen LogP contribution in [0.25, 0.3) is 11.3 Å². The molecule has 1 aromatic heterocycles. The Labute approximate surface area is 292 Å². The summed E-state index contributed by atoms with van der Waals surface area (Å²) in [5.41, 5.74) is 3.12. The number of halogens is 2. The molecule has 0 saturated carbocycles. The zero-order valence-corrected chi connectivity index (χ0v) is 28.2. The van der Waals surface area contributed by atoms with Gasteiger partial charge >= 0.3 is 5.97 Å². The second-order valence-corrected chi connectivity index (χ2v) is 13.0. The fraction of sp³-hybridized carbons (Fsp3) is 0.278. The number of nitrogens with one attached hydrogen (secondary N) is 2. The van der Waals surface area contributed by atoms with Gasteiger partial charge in [0.15, 0.2) is 0 Å². The SMILES string of the molecule is CC(C)[C@H](NC(=O)c1ccccc1)C(=O)N(CC(=O)N[C@@H](CC(=O)O)C(=O)c1nc(-c2cc(Cl)cc(Cl)c2)co1)C1Cc2ccccc2C1. The highest BCUT2D eigenvalue weighted by molar-refractivity contribution is 6.35. The van der Waals surface area contributed by atoms with Gasteiger partial charge in [0, 0.05) is 27.2 Å². The van der Waals surface area contributed by atoms with Gasteiger partial charge in [0.05, 0.1) is 13.0 Å². The minimum atomic E-state index is -1.56. The number of carbonyl (C=O) groups is 5. The number of Topliss-reactive ketones (excluding diaryl/α,β-unsaturated/α-hetero) is 1. The van der Waals surface area contributed by atoms with Crippen LogP contribution in [0.2, 0.25) is 10.0 Å². The van der Waals surface area contributed by atoms with Gasteiger partial charge in [0.1, 0.15) is 24.0 Å². The van der Waals surface area contributed by atoms with Crippen molar-refractivity contribution in [2.45, 2.75) is 51.2 Å². The molecular formula is C36H34Cl2N4O7. The number of hydrogen-bond donors (Lipinski definition) is 3. The lowest BCUT2D eigenvalue weighted by molar-refractivity contribution is -0.141. The summed E-state index contributed by atoms with van der Waals surface area (Å²) in [6.07, 6.45) is 1.37. The summed E-state index contributed by atoms with van der Waals surface area (Å²) in [7, 11) is 0. The minimum absolute atomic E-state index is 0.225. The first-order chi connectivity index (χ1) is 23.4. The van der Waals surface area contributed by atoms with Crippen LogP contribution in [-0.4, -0.2) is 69.1 Å². The molecule has 1 aliphatic rings. The molecule has 49 heavy (non-hydrogen) atoms. The van der Waals surface area contributed by atoms with Crippen molar-refractivity contribution in [1.82, 2.24) is 20.5 Å². The smallest absolute Gasteiger partial charge is 0.305 e. The van der Waals surface area contributed by atoms with E-state index >= 15 is 0 Å². The molecule has 3 amide bonds. The first-order valence-corrected chi connectivity index (χ1v) is 16.4. The second kappa shape index (κ2) is 15.5. The molecule has 1 heterocycles. The van der Waals surface area contributed by atoms with Crippen LogP contribution in [0.4, 0.5) is 0 Å². The lowest BCUT2D eigenvalue weighted by Gasteiger charge is -2.34. The lowest BCUT2D eigenvalue weighted by atomic mass is 10.00. The first kappa shape index (κ1) is 35.3. The number of amides is 3. The summed E-state index contributed by atoms with van der Waals surface area (Å²) in [4.78, 5) is 71.8. The van der Waals surface area contributed by atoms with Crippen molar-refractivity contribution in [2.75, 3.05) is 6.54 Å². The third kappa shape index (κ3) is 8.73. The minimum Gasteiger partial charge on any atom is -0.481 e. The van der Waals surface area contributed by atoms with Crippen molar-refractivity contribution in [3.05, 3.63) is 112 Å². The van der Waals surface area contributed by atoms with Crippen molar-refractivity contribution in [1.29, 1.82) is 0 Å². The first-order valence-electron chi connectivity index (χ1n) is 15.6. The molecule has 0 spiro atoms. The molecule has 4 aromatic rings. The summed E-state index contributed by atoms with van der Waals surface area (Å²) in [5.74, 6) is -4.69. The monoisotopic (exact) mass is 704 g/mol. The van der Waals surface area contributed by atoms with E-state index in [0.29, 0.717) is 34.0 Å². The molecule has 0 fully saturated rings. The Morgan fingerprint density at radius 3 is 2.12 bits per heavy atom. The molecule has 1 aliphatic carbocycles. The van der Waals surface area contributed by atoms with Crippen LogP contribution >= 0.6 is 23.2 Å². The Balaban J connectivity index is 1.37. The molecule has 3 N–H and O–H groups in total. The molecule has 0 bridgehead atoms. The Hall–Kier alpha value is -5.00. The van der Waals surface area contributed by atoms with Crippen molar-refractivity contribution >= 4 is 52.7 Å². The number of oxazole rings is 1. The van der Waals surface area contributed by atoms with Crippen molar-refractivity contribution in [2.24, 2.45) is 5.92 Å². The van der Waals surface area contributed by atoms with Gasteiger partial charge in [-0.15, -0.1) is 0 Å². The Morgan fingerprint density at radius 1 is 0.918 bits per heavy atom. The van der Waals surface area contributed by atoms with Gasteiger partial charge in [0.2, 0.25) is 17.6 Å². The van der Waals surface area contributed by atoms with Crippen LogP contribution in [-0.2, 0) is 27.2 Å². The molecule has 0 aliphatic heterocycles. The number of fused-ring (bicyclic) bond motifs is 1. The average molecular weight is 706 g/mol. The van der Waals surface area contributed by atoms with Gasteiger partial charge in [-0.05, 0) is 60.2 Å². The van der Waals surface area contributed by atoms with E-state index in [4.69, 9.17) is 27.6 Å². The molecule has 5 rings (SSSR count). The van der Waals surface area contributed by atoms with Crippen molar-refractivity contribution < 1.29 is 33.5 Å². The fourth-order valence-electron chi connectivity index (χ4n) is 5.80. The average Bonchev–Trinajstić information content (AvgIpc) is 3.73. The van der Waals surface area contributed by atoms with Gasteiger partial charge in [-0.3, -0.25) is 24.0 Å². The quantitative estimate of drug-likeness (QED) is 0.159. The number of ketones is 1. The highest BCUT2D eigenvalue weighted by atomic mass is 35.5. The fourth-order valence-corrected chi connectivity index (χ4v) is 6.32. The third-order valence-corrected chi connectivity index (χ3v) is 8.66. The topological polar surface area (TPSA) is 159 Å². The zero-order chi connectivity index (χ0) is 35.2. The van der Waals surface area contributed by atoms with Gasteiger partial charge in [-0.1, -0.05) is 79.5 Å². The van der Waals surface area contributed by atoms with Gasteiger partial charge in [-0.2, -0.15) is 0 Å². The zero-order valence-electron chi connectivity index (χ0n) is 26.7. The Kier molecular flexibility index (Phi) is 11.2. The van der Waals surface area contributed by atoms with Crippen LogP contribution in [0.1, 0.15) is 52.4 Å². The molecule has 254 valence electrons. The number of carboxylic acids is 1. The highest BCUT2D eigenvalue weighted by Gasteiger charge is 2.38. The molecule has 0 saturated heterocycles. The predicted octanol–water partition coefficient (Wildman–Crippen LogP) is 5.24. The molecule has 0 radical (unpaired) electrons. The molecule has 2 atom stereocenters.